The summed E-state index contributed by atoms with van der Waals surface area (Å²) in [5.74, 6) is 4.53. The van der Waals surface area contributed by atoms with Gasteiger partial charge in [-0.1, -0.05) is 6.92 Å². The van der Waals surface area contributed by atoms with Gasteiger partial charge >= 0.3 is 0 Å². The highest BCUT2D eigenvalue weighted by Crippen LogP contribution is 2.72. The van der Waals surface area contributed by atoms with Crippen LogP contribution in [0.4, 0.5) is 0 Å². The molecule has 4 fully saturated rings. The molecule has 0 saturated heterocycles. The van der Waals surface area contributed by atoms with E-state index in [9.17, 15) is 4.79 Å². The summed E-state index contributed by atoms with van der Waals surface area (Å²) in [7, 11) is 0. The lowest BCUT2D eigenvalue weighted by Gasteiger charge is -2.23. The molecule has 0 aromatic rings. The molecular weight excluding hydrogens is 184 g/mol. The van der Waals surface area contributed by atoms with Crippen LogP contribution in [0.3, 0.4) is 0 Å². The maximum atomic E-state index is 12.1. The Labute approximate surface area is 91.6 Å². The molecule has 0 aromatic heterocycles. The fourth-order valence-corrected chi connectivity index (χ4v) is 5.50. The van der Waals surface area contributed by atoms with Crippen molar-refractivity contribution in [2.24, 2.45) is 35.0 Å². The van der Waals surface area contributed by atoms with Crippen LogP contribution in [0.25, 0.3) is 0 Å². The van der Waals surface area contributed by atoms with E-state index in [1.165, 1.54) is 32.1 Å². The molecule has 15 heavy (non-hydrogen) atoms. The van der Waals surface area contributed by atoms with E-state index in [0.717, 1.165) is 30.1 Å². The number of hydrogen-bond acceptors (Lipinski definition) is 1. The summed E-state index contributed by atoms with van der Waals surface area (Å²) in [4.78, 5) is 12.1. The molecule has 0 radical (unpaired) electrons. The Balaban J connectivity index is 1.77. The number of carbonyl (C=O) groups excluding carboxylic acids is 1. The van der Waals surface area contributed by atoms with Gasteiger partial charge in [-0.25, -0.2) is 0 Å². The number of rotatable bonds is 0. The van der Waals surface area contributed by atoms with E-state index in [0.29, 0.717) is 17.1 Å². The van der Waals surface area contributed by atoms with Crippen LogP contribution in [-0.4, -0.2) is 5.78 Å². The van der Waals surface area contributed by atoms with Gasteiger partial charge in [-0.15, -0.1) is 0 Å². The third kappa shape index (κ3) is 0.893. The van der Waals surface area contributed by atoms with Gasteiger partial charge in [-0.2, -0.15) is 0 Å². The van der Waals surface area contributed by atoms with Crippen LogP contribution in [-0.2, 0) is 4.79 Å². The molecular formula is C14H20O. The highest BCUT2D eigenvalue weighted by atomic mass is 16.1. The second kappa shape index (κ2) is 2.49. The minimum atomic E-state index is 0.509. The van der Waals surface area contributed by atoms with Gasteiger partial charge in [0.15, 0.2) is 0 Å². The zero-order chi connectivity index (χ0) is 10.2. The number of Topliss-reactive ketones (excluding diaryl/α,β-unsaturated/α-hetero) is 1. The van der Waals surface area contributed by atoms with Crippen LogP contribution in [0, 0.1) is 35.0 Å². The van der Waals surface area contributed by atoms with Crippen molar-refractivity contribution in [1.29, 1.82) is 0 Å². The van der Waals surface area contributed by atoms with Gasteiger partial charge in [0.2, 0.25) is 0 Å². The molecule has 1 spiro atoms. The lowest BCUT2D eigenvalue weighted by molar-refractivity contribution is -0.122. The summed E-state index contributed by atoms with van der Waals surface area (Å²) in [6.45, 7) is 2.43. The maximum absolute atomic E-state index is 12.1. The highest BCUT2D eigenvalue weighted by molar-refractivity contribution is 5.84. The van der Waals surface area contributed by atoms with Gasteiger partial charge in [-0.3, -0.25) is 4.79 Å². The zero-order valence-corrected chi connectivity index (χ0v) is 9.54. The third-order valence-corrected chi connectivity index (χ3v) is 6.33. The van der Waals surface area contributed by atoms with Gasteiger partial charge in [0.25, 0.3) is 0 Å². The average Bonchev–Trinajstić information content (AvgIpc) is 2.62. The lowest BCUT2D eigenvalue weighted by atomic mass is 9.80. The largest absolute Gasteiger partial charge is 0.299 e. The predicted octanol–water partition coefficient (Wildman–Crippen LogP) is 3.04. The van der Waals surface area contributed by atoms with Crippen LogP contribution in [0.5, 0.6) is 0 Å². The SMILES string of the molecule is C[C@H]1[C@H]2CCC(=O)[C@H]2[C@H]2[C@@H]1CCC21CC1. The Bertz CT molecular complexity index is 328. The fraction of sp³-hybridized carbons (Fsp3) is 0.929. The van der Waals surface area contributed by atoms with Gasteiger partial charge in [0.1, 0.15) is 5.78 Å². The van der Waals surface area contributed by atoms with E-state index in [1.54, 1.807) is 0 Å². The minimum Gasteiger partial charge on any atom is -0.299 e. The molecule has 0 heterocycles. The van der Waals surface area contributed by atoms with Crippen molar-refractivity contribution >= 4 is 5.78 Å². The normalized spacial score (nSPS) is 54.7. The molecule has 4 rings (SSSR count). The molecule has 0 aliphatic heterocycles. The van der Waals surface area contributed by atoms with Crippen LogP contribution in [0.2, 0.25) is 0 Å². The Hall–Kier alpha value is -0.330. The molecule has 5 atom stereocenters. The summed E-state index contributed by atoms with van der Waals surface area (Å²) in [6, 6.07) is 0. The predicted molar refractivity (Wildman–Crippen MR) is 58.3 cm³/mol. The molecule has 0 N–H and O–H groups in total. The molecule has 0 aromatic carbocycles. The number of carbonyl (C=O) groups is 1. The lowest BCUT2D eigenvalue weighted by Crippen LogP contribution is -2.24. The Morgan fingerprint density at radius 2 is 1.93 bits per heavy atom. The van der Waals surface area contributed by atoms with E-state index in [-0.39, 0.29) is 0 Å². The Morgan fingerprint density at radius 1 is 1.13 bits per heavy atom. The molecule has 82 valence electrons. The Morgan fingerprint density at radius 3 is 2.67 bits per heavy atom. The first-order valence-electron chi connectivity index (χ1n) is 6.76. The minimum absolute atomic E-state index is 0.509. The molecule has 0 unspecified atom stereocenters. The van der Waals surface area contributed by atoms with Gasteiger partial charge in [-0.05, 0) is 61.2 Å². The van der Waals surface area contributed by atoms with Crippen LogP contribution in [0.1, 0.15) is 45.4 Å². The summed E-state index contributed by atoms with van der Waals surface area (Å²) in [5, 5.41) is 0. The monoisotopic (exact) mass is 204 g/mol. The maximum Gasteiger partial charge on any atom is 0.136 e. The second-order valence-electron chi connectivity index (χ2n) is 6.64. The molecule has 4 aliphatic carbocycles. The van der Waals surface area contributed by atoms with Crippen molar-refractivity contribution in [3.63, 3.8) is 0 Å². The van der Waals surface area contributed by atoms with E-state index in [4.69, 9.17) is 0 Å². The van der Waals surface area contributed by atoms with E-state index in [1.807, 2.05) is 0 Å². The van der Waals surface area contributed by atoms with E-state index in [2.05, 4.69) is 6.92 Å². The van der Waals surface area contributed by atoms with Crippen LogP contribution >= 0.6 is 0 Å². The standard InChI is InChI=1S/C14H20O/c1-8-9-2-3-11(15)12(9)13-10(8)4-5-14(13)6-7-14/h8-10,12-13H,2-7H2,1H3/t8-,9+,10+,12-,13+/m0/s1. The molecule has 1 heteroatoms. The smallest absolute Gasteiger partial charge is 0.136 e. The topological polar surface area (TPSA) is 17.1 Å². The molecule has 4 saturated carbocycles. The van der Waals surface area contributed by atoms with Crippen molar-refractivity contribution in [3.05, 3.63) is 0 Å². The highest BCUT2D eigenvalue weighted by Gasteiger charge is 2.66. The first kappa shape index (κ1) is 8.78. The Kier molecular flexibility index (Phi) is 1.46. The summed E-state index contributed by atoms with van der Waals surface area (Å²) < 4.78 is 0. The number of hydrogen-bond donors (Lipinski definition) is 0. The van der Waals surface area contributed by atoms with Crippen LogP contribution in [0.15, 0.2) is 0 Å². The van der Waals surface area contributed by atoms with Crippen LogP contribution < -0.4 is 0 Å². The zero-order valence-electron chi connectivity index (χ0n) is 9.54. The number of fused-ring (bicyclic) bond motifs is 4. The molecule has 0 amide bonds. The van der Waals surface area contributed by atoms with Crippen molar-refractivity contribution in [2.75, 3.05) is 0 Å². The van der Waals surface area contributed by atoms with E-state index >= 15 is 0 Å². The molecule has 1 nitrogen and oxygen atoms in total. The quantitative estimate of drug-likeness (QED) is 0.592. The molecule has 0 bridgehead atoms. The van der Waals surface area contributed by atoms with Crippen molar-refractivity contribution in [1.82, 2.24) is 0 Å². The van der Waals surface area contributed by atoms with Crippen molar-refractivity contribution in [3.8, 4) is 0 Å². The van der Waals surface area contributed by atoms with Gasteiger partial charge in [0.05, 0.1) is 0 Å². The number of ketones is 1. The van der Waals surface area contributed by atoms with Crippen molar-refractivity contribution < 1.29 is 4.79 Å². The molecule has 4 aliphatic rings. The van der Waals surface area contributed by atoms with E-state index < -0.39 is 0 Å². The summed E-state index contributed by atoms with van der Waals surface area (Å²) in [5.41, 5.74) is 0.679. The first-order chi connectivity index (χ1) is 7.23. The fourth-order valence-electron chi connectivity index (χ4n) is 5.50. The summed E-state index contributed by atoms with van der Waals surface area (Å²) in [6.07, 6.45) is 7.89. The van der Waals surface area contributed by atoms with Gasteiger partial charge < -0.3 is 0 Å². The first-order valence-corrected chi connectivity index (χ1v) is 6.76. The van der Waals surface area contributed by atoms with Gasteiger partial charge in [0, 0.05) is 12.3 Å². The summed E-state index contributed by atoms with van der Waals surface area (Å²) >= 11 is 0. The van der Waals surface area contributed by atoms with Crippen molar-refractivity contribution in [2.45, 2.75) is 45.4 Å². The second-order valence-corrected chi connectivity index (χ2v) is 6.64. The third-order valence-electron chi connectivity index (χ3n) is 6.33. The average molecular weight is 204 g/mol.